The van der Waals surface area contributed by atoms with Gasteiger partial charge in [-0.1, -0.05) is 78.3 Å². The van der Waals surface area contributed by atoms with Crippen molar-refractivity contribution in [2.24, 2.45) is 5.92 Å². The Labute approximate surface area is 274 Å². The summed E-state index contributed by atoms with van der Waals surface area (Å²) in [7, 11) is 0. The minimum atomic E-state index is -0.647. The standard InChI is InChI=1S/C35H44BrN5O4/c1-5-37-35(45)31(23(2)3)41-32(42)24(4)39-22-30(20-26-10-7-6-8-11-26)40-34(44)28-13-9-12-27(21-28)33(43)38-19-18-25-14-16-29(36)17-15-25/h6-17,21,23-24,30-31,39H,5,18-20,22H2,1-4H3,(H,37,45)(H,38,43)(H,40,44)(H,41,42)/t24-,30-,31-/m0/s1. The maximum atomic E-state index is 13.4. The smallest absolute Gasteiger partial charge is 0.251 e. The van der Waals surface area contributed by atoms with Gasteiger partial charge in [0.15, 0.2) is 0 Å². The Morgan fingerprint density at radius 3 is 2.04 bits per heavy atom. The number of halogens is 1. The van der Waals surface area contributed by atoms with Crippen molar-refractivity contribution in [2.75, 3.05) is 19.6 Å². The maximum absolute atomic E-state index is 13.4. The van der Waals surface area contributed by atoms with Crippen molar-refractivity contribution in [3.05, 3.63) is 106 Å². The quantitative estimate of drug-likeness (QED) is 0.157. The largest absolute Gasteiger partial charge is 0.355 e. The van der Waals surface area contributed by atoms with E-state index >= 15 is 0 Å². The van der Waals surface area contributed by atoms with Crippen LogP contribution in [0.4, 0.5) is 0 Å². The van der Waals surface area contributed by atoms with Crippen molar-refractivity contribution in [3.63, 3.8) is 0 Å². The van der Waals surface area contributed by atoms with Crippen molar-refractivity contribution in [1.82, 2.24) is 26.6 Å². The molecule has 0 saturated carbocycles. The lowest BCUT2D eigenvalue weighted by Gasteiger charge is -2.25. The molecule has 10 heteroatoms. The number of rotatable bonds is 16. The number of benzene rings is 3. The van der Waals surface area contributed by atoms with E-state index in [9.17, 15) is 19.2 Å². The maximum Gasteiger partial charge on any atom is 0.251 e. The van der Waals surface area contributed by atoms with E-state index in [0.717, 1.165) is 15.6 Å². The number of hydrogen-bond donors (Lipinski definition) is 5. The van der Waals surface area contributed by atoms with Gasteiger partial charge in [0.25, 0.3) is 11.8 Å². The van der Waals surface area contributed by atoms with E-state index < -0.39 is 12.1 Å². The van der Waals surface area contributed by atoms with Gasteiger partial charge in [0.05, 0.1) is 6.04 Å². The van der Waals surface area contributed by atoms with Gasteiger partial charge in [-0.05, 0) is 74.1 Å². The van der Waals surface area contributed by atoms with E-state index in [1.807, 2.05) is 75.4 Å². The lowest BCUT2D eigenvalue weighted by Crippen LogP contribution is -2.55. The number of carbonyl (C=O) groups is 4. The SMILES string of the molecule is CCNC(=O)[C@@H](NC(=O)[C@H](C)NC[C@H](Cc1ccccc1)NC(=O)c1cccc(C(=O)NCCc2ccc(Br)cc2)c1)C(C)C. The van der Waals surface area contributed by atoms with E-state index in [2.05, 4.69) is 42.5 Å². The molecule has 0 aliphatic heterocycles. The Morgan fingerprint density at radius 1 is 0.733 bits per heavy atom. The van der Waals surface area contributed by atoms with E-state index in [0.29, 0.717) is 43.6 Å². The van der Waals surface area contributed by atoms with Crippen LogP contribution in [0.2, 0.25) is 0 Å². The summed E-state index contributed by atoms with van der Waals surface area (Å²) >= 11 is 3.42. The number of hydrogen-bond acceptors (Lipinski definition) is 5. The number of amides is 4. The van der Waals surface area contributed by atoms with Crippen LogP contribution in [0, 0.1) is 5.92 Å². The number of carbonyl (C=O) groups excluding carboxylic acids is 4. The fourth-order valence-corrected chi connectivity index (χ4v) is 4.99. The molecule has 0 radical (unpaired) electrons. The van der Waals surface area contributed by atoms with Crippen LogP contribution in [-0.2, 0) is 22.4 Å². The molecule has 0 unspecified atom stereocenters. The highest BCUT2D eigenvalue weighted by Gasteiger charge is 2.26. The lowest BCUT2D eigenvalue weighted by atomic mass is 10.0. The first-order valence-corrected chi connectivity index (χ1v) is 16.2. The van der Waals surface area contributed by atoms with Crippen LogP contribution < -0.4 is 26.6 Å². The van der Waals surface area contributed by atoms with Crippen molar-refractivity contribution in [1.29, 1.82) is 0 Å². The van der Waals surface area contributed by atoms with Crippen LogP contribution in [-0.4, -0.2) is 61.4 Å². The van der Waals surface area contributed by atoms with Crippen LogP contribution in [0.1, 0.15) is 59.5 Å². The Hall–Kier alpha value is -4.02. The second-order valence-electron chi connectivity index (χ2n) is 11.3. The predicted molar refractivity (Wildman–Crippen MR) is 181 cm³/mol. The van der Waals surface area contributed by atoms with Gasteiger partial charge in [0.2, 0.25) is 11.8 Å². The highest BCUT2D eigenvalue weighted by molar-refractivity contribution is 9.10. The number of likely N-dealkylation sites (N-methyl/N-ethyl adjacent to an activating group) is 1. The summed E-state index contributed by atoms with van der Waals surface area (Å²) in [6.07, 6.45) is 1.21. The van der Waals surface area contributed by atoms with E-state index in [4.69, 9.17) is 0 Å². The van der Waals surface area contributed by atoms with Crippen molar-refractivity contribution < 1.29 is 19.2 Å². The molecule has 45 heavy (non-hydrogen) atoms. The van der Waals surface area contributed by atoms with Crippen molar-refractivity contribution in [3.8, 4) is 0 Å². The van der Waals surface area contributed by atoms with Gasteiger partial charge in [0, 0.05) is 41.3 Å². The van der Waals surface area contributed by atoms with Crippen LogP contribution >= 0.6 is 15.9 Å². The highest BCUT2D eigenvalue weighted by atomic mass is 79.9. The average molecular weight is 679 g/mol. The highest BCUT2D eigenvalue weighted by Crippen LogP contribution is 2.12. The third-order valence-corrected chi connectivity index (χ3v) is 7.85. The zero-order chi connectivity index (χ0) is 32.8. The average Bonchev–Trinajstić information content (AvgIpc) is 3.03. The minimum Gasteiger partial charge on any atom is -0.355 e. The van der Waals surface area contributed by atoms with Crippen LogP contribution in [0.25, 0.3) is 0 Å². The van der Waals surface area contributed by atoms with Gasteiger partial charge in [-0.3, -0.25) is 19.2 Å². The van der Waals surface area contributed by atoms with Gasteiger partial charge in [0.1, 0.15) is 6.04 Å². The molecular formula is C35H44BrN5O4. The van der Waals surface area contributed by atoms with Gasteiger partial charge < -0.3 is 26.6 Å². The Kier molecular flexibility index (Phi) is 14.2. The monoisotopic (exact) mass is 677 g/mol. The second kappa shape index (κ2) is 18.1. The summed E-state index contributed by atoms with van der Waals surface area (Å²) < 4.78 is 1.00. The van der Waals surface area contributed by atoms with Crippen LogP contribution in [0.3, 0.4) is 0 Å². The first-order valence-electron chi connectivity index (χ1n) is 15.4. The lowest BCUT2D eigenvalue weighted by molar-refractivity contribution is -0.130. The normalized spacial score (nSPS) is 12.9. The summed E-state index contributed by atoms with van der Waals surface area (Å²) in [5, 5.41) is 14.8. The molecular weight excluding hydrogens is 634 g/mol. The zero-order valence-electron chi connectivity index (χ0n) is 26.4. The molecule has 0 bridgehead atoms. The van der Waals surface area contributed by atoms with Crippen molar-refractivity contribution in [2.45, 2.75) is 58.7 Å². The van der Waals surface area contributed by atoms with Crippen molar-refractivity contribution >= 4 is 39.6 Å². The first kappa shape index (κ1) is 35.5. The predicted octanol–water partition coefficient (Wildman–Crippen LogP) is 4.02. The minimum absolute atomic E-state index is 0.0813. The van der Waals surface area contributed by atoms with Crippen LogP contribution in [0.15, 0.2) is 83.3 Å². The summed E-state index contributed by atoms with van der Waals surface area (Å²) in [4.78, 5) is 51.6. The van der Waals surface area contributed by atoms with Gasteiger partial charge in [-0.2, -0.15) is 0 Å². The molecule has 3 rings (SSSR count). The molecule has 0 aliphatic carbocycles. The third-order valence-electron chi connectivity index (χ3n) is 7.32. The topological polar surface area (TPSA) is 128 Å². The zero-order valence-corrected chi connectivity index (χ0v) is 27.9. The molecule has 0 saturated heterocycles. The molecule has 5 N–H and O–H groups in total. The first-order chi connectivity index (χ1) is 21.6. The molecule has 0 aromatic heterocycles. The summed E-state index contributed by atoms with van der Waals surface area (Å²) in [5.74, 6) is -1.18. The summed E-state index contributed by atoms with van der Waals surface area (Å²) in [6, 6.07) is 22.7. The van der Waals surface area contributed by atoms with Crippen LogP contribution in [0.5, 0.6) is 0 Å². The summed E-state index contributed by atoms with van der Waals surface area (Å²) in [5.41, 5.74) is 2.89. The molecule has 4 amide bonds. The van der Waals surface area contributed by atoms with Gasteiger partial charge in [-0.25, -0.2) is 0 Å². The number of nitrogens with one attached hydrogen (secondary N) is 5. The Morgan fingerprint density at radius 2 is 1.40 bits per heavy atom. The van der Waals surface area contributed by atoms with E-state index in [-0.39, 0.29) is 35.6 Å². The Bertz CT molecular complexity index is 1420. The molecule has 3 aromatic rings. The molecule has 0 fully saturated rings. The molecule has 3 aromatic carbocycles. The van der Waals surface area contributed by atoms with E-state index in [1.54, 1.807) is 31.2 Å². The molecule has 0 heterocycles. The van der Waals surface area contributed by atoms with E-state index in [1.165, 1.54) is 0 Å². The molecule has 9 nitrogen and oxygen atoms in total. The molecule has 0 aliphatic rings. The van der Waals surface area contributed by atoms with Gasteiger partial charge >= 0.3 is 0 Å². The van der Waals surface area contributed by atoms with Gasteiger partial charge in [-0.15, -0.1) is 0 Å². The summed E-state index contributed by atoms with van der Waals surface area (Å²) in [6.45, 7) is 8.57. The third kappa shape index (κ3) is 11.8. The molecule has 240 valence electrons. The second-order valence-corrected chi connectivity index (χ2v) is 12.2. The fraction of sp³-hybridized carbons (Fsp3) is 0.371. The fourth-order valence-electron chi connectivity index (χ4n) is 4.73. The Balaban J connectivity index is 1.63. The molecule has 0 spiro atoms. The molecule has 3 atom stereocenters.